The van der Waals surface area contributed by atoms with Crippen LogP contribution in [0.25, 0.3) is 0 Å². The molecule has 2 N–H and O–H groups in total. The summed E-state index contributed by atoms with van der Waals surface area (Å²) in [6, 6.07) is 7.55. The lowest BCUT2D eigenvalue weighted by Gasteiger charge is -2.31. The van der Waals surface area contributed by atoms with Crippen LogP contribution in [0.3, 0.4) is 0 Å². The summed E-state index contributed by atoms with van der Waals surface area (Å²) >= 11 is 0. The van der Waals surface area contributed by atoms with E-state index in [2.05, 4.69) is 10.6 Å². The Bertz CT molecular complexity index is 496. The Labute approximate surface area is 140 Å². The SMILES string of the molecule is CC1CNCCC1NC(=O)CC(c1ccccc1)C(F)(F)F.Cl. The van der Waals surface area contributed by atoms with Crippen molar-refractivity contribution in [3.8, 4) is 0 Å². The predicted molar refractivity (Wildman–Crippen MR) is 85.7 cm³/mol. The number of halogens is 4. The molecule has 3 nitrogen and oxygen atoms in total. The molecule has 1 aliphatic heterocycles. The van der Waals surface area contributed by atoms with Gasteiger partial charge in [0.2, 0.25) is 5.91 Å². The monoisotopic (exact) mass is 350 g/mol. The van der Waals surface area contributed by atoms with Gasteiger partial charge in [0.1, 0.15) is 0 Å². The molecule has 1 aromatic carbocycles. The molecule has 2 rings (SSSR count). The van der Waals surface area contributed by atoms with Crippen molar-refractivity contribution in [3.63, 3.8) is 0 Å². The smallest absolute Gasteiger partial charge is 0.353 e. The normalized spacial score (nSPS) is 22.8. The zero-order valence-electron chi connectivity index (χ0n) is 12.9. The van der Waals surface area contributed by atoms with Gasteiger partial charge in [0, 0.05) is 12.5 Å². The first-order chi connectivity index (χ1) is 10.4. The number of hydrogen-bond acceptors (Lipinski definition) is 2. The molecule has 1 aromatic rings. The molecule has 0 radical (unpaired) electrons. The average molecular weight is 351 g/mol. The molecular formula is C16H22ClF3N2O. The Balaban J connectivity index is 0.00000264. The lowest BCUT2D eigenvalue weighted by atomic mass is 9.92. The van der Waals surface area contributed by atoms with Gasteiger partial charge in [-0.3, -0.25) is 4.79 Å². The average Bonchev–Trinajstić information content (AvgIpc) is 2.47. The Morgan fingerprint density at radius 3 is 2.57 bits per heavy atom. The fourth-order valence-electron chi connectivity index (χ4n) is 2.79. The van der Waals surface area contributed by atoms with E-state index in [-0.39, 0.29) is 29.9 Å². The minimum atomic E-state index is -4.43. The lowest BCUT2D eigenvalue weighted by Crippen LogP contribution is -2.48. The van der Waals surface area contributed by atoms with E-state index in [0.717, 1.165) is 19.5 Å². The number of carbonyl (C=O) groups is 1. The maximum atomic E-state index is 13.2. The van der Waals surface area contributed by atoms with Crippen LogP contribution in [0.15, 0.2) is 30.3 Å². The van der Waals surface area contributed by atoms with E-state index in [1.54, 1.807) is 18.2 Å². The number of rotatable bonds is 4. The van der Waals surface area contributed by atoms with Crippen molar-refractivity contribution in [1.29, 1.82) is 0 Å². The van der Waals surface area contributed by atoms with Crippen molar-refractivity contribution in [2.75, 3.05) is 13.1 Å². The van der Waals surface area contributed by atoms with Crippen molar-refractivity contribution in [2.24, 2.45) is 5.92 Å². The third kappa shape index (κ3) is 5.70. The van der Waals surface area contributed by atoms with Crippen molar-refractivity contribution < 1.29 is 18.0 Å². The van der Waals surface area contributed by atoms with E-state index in [1.165, 1.54) is 12.1 Å². The summed E-state index contributed by atoms with van der Waals surface area (Å²) in [4.78, 5) is 12.1. The molecule has 1 aliphatic rings. The molecule has 1 amide bonds. The minimum Gasteiger partial charge on any atom is -0.353 e. The third-order valence-electron chi connectivity index (χ3n) is 4.12. The van der Waals surface area contributed by atoms with Crippen LogP contribution in [0, 0.1) is 5.92 Å². The number of nitrogens with one attached hydrogen (secondary N) is 2. The van der Waals surface area contributed by atoms with Crippen molar-refractivity contribution in [3.05, 3.63) is 35.9 Å². The summed E-state index contributed by atoms with van der Waals surface area (Å²) in [5.74, 6) is -2.07. The third-order valence-corrected chi connectivity index (χ3v) is 4.12. The molecule has 0 saturated carbocycles. The molecule has 1 fully saturated rings. The molecular weight excluding hydrogens is 329 g/mol. The first-order valence-corrected chi connectivity index (χ1v) is 7.49. The minimum absolute atomic E-state index is 0. The van der Waals surface area contributed by atoms with Gasteiger partial charge in [0.25, 0.3) is 0 Å². The fourth-order valence-corrected chi connectivity index (χ4v) is 2.79. The Morgan fingerprint density at radius 1 is 1.35 bits per heavy atom. The highest BCUT2D eigenvalue weighted by atomic mass is 35.5. The summed E-state index contributed by atoms with van der Waals surface area (Å²) < 4.78 is 39.7. The van der Waals surface area contributed by atoms with Crippen LogP contribution in [0.1, 0.15) is 31.2 Å². The van der Waals surface area contributed by atoms with Crippen LogP contribution in [0.4, 0.5) is 13.2 Å². The van der Waals surface area contributed by atoms with Crippen molar-refractivity contribution >= 4 is 18.3 Å². The number of benzene rings is 1. The first-order valence-electron chi connectivity index (χ1n) is 7.49. The number of hydrogen-bond donors (Lipinski definition) is 2. The van der Waals surface area contributed by atoms with Crippen molar-refractivity contribution in [2.45, 2.75) is 37.9 Å². The predicted octanol–water partition coefficient (Wildman–Crippen LogP) is 3.26. The molecule has 1 saturated heterocycles. The zero-order valence-corrected chi connectivity index (χ0v) is 13.7. The summed E-state index contributed by atoms with van der Waals surface area (Å²) in [6.45, 7) is 3.53. The van der Waals surface area contributed by atoms with E-state index in [0.29, 0.717) is 0 Å². The Kier molecular flexibility index (Phi) is 7.35. The Morgan fingerprint density at radius 2 is 2.00 bits per heavy atom. The van der Waals surface area contributed by atoms with E-state index in [1.807, 2.05) is 6.92 Å². The maximum Gasteiger partial charge on any atom is 0.396 e. The number of carbonyl (C=O) groups excluding carboxylic acids is 1. The largest absolute Gasteiger partial charge is 0.396 e. The molecule has 0 aliphatic carbocycles. The molecule has 0 spiro atoms. The topological polar surface area (TPSA) is 41.1 Å². The van der Waals surface area contributed by atoms with Crippen LogP contribution >= 0.6 is 12.4 Å². The van der Waals surface area contributed by atoms with Crippen LogP contribution in [0.5, 0.6) is 0 Å². The van der Waals surface area contributed by atoms with E-state index < -0.39 is 24.4 Å². The number of piperidine rings is 1. The van der Waals surface area contributed by atoms with Gasteiger partial charge in [-0.1, -0.05) is 37.3 Å². The molecule has 0 bridgehead atoms. The molecule has 3 atom stereocenters. The Hall–Kier alpha value is -1.27. The zero-order chi connectivity index (χ0) is 16.2. The molecule has 130 valence electrons. The molecule has 1 heterocycles. The second-order valence-electron chi connectivity index (χ2n) is 5.85. The molecule has 0 aromatic heterocycles. The van der Waals surface area contributed by atoms with Gasteiger partial charge in [-0.2, -0.15) is 13.2 Å². The highest BCUT2D eigenvalue weighted by Gasteiger charge is 2.42. The van der Waals surface area contributed by atoms with Crippen LogP contribution in [-0.4, -0.2) is 31.2 Å². The van der Waals surface area contributed by atoms with Crippen LogP contribution in [-0.2, 0) is 4.79 Å². The highest BCUT2D eigenvalue weighted by molar-refractivity contribution is 5.85. The van der Waals surface area contributed by atoms with Crippen LogP contribution in [0.2, 0.25) is 0 Å². The van der Waals surface area contributed by atoms with Crippen LogP contribution < -0.4 is 10.6 Å². The fraction of sp³-hybridized carbons (Fsp3) is 0.562. The number of amides is 1. The summed E-state index contributed by atoms with van der Waals surface area (Å²) in [6.07, 6.45) is -4.25. The summed E-state index contributed by atoms with van der Waals surface area (Å²) in [5.41, 5.74) is 0.128. The summed E-state index contributed by atoms with van der Waals surface area (Å²) in [5, 5.41) is 5.96. The maximum absolute atomic E-state index is 13.2. The van der Waals surface area contributed by atoms with Gasteiger partial charge in [0.05, 0.1) is 5.92 Å². The second kappa shape index (κ2) is 8.55. The van der Waals surface area contributed by atoms with Gasteiger partial charge in [0.15, 0.2) is 0 Å². The first kappa shape index (κ1) is 19.8. The number of alkyl halides is 3. The van der Waals surface area contributed by atoms with Gasteiger partial charge in [-0.05, 0) is 31.0 Å². The molecule has 3 unspecified atom stereocenters. The van der Waals surface area contributed by atoms with E-state index in [4.69, 9.17) is 0 Å². The van der Waals surface area contributed by atoms with E-state index in [9.17, 15) is 18.0 Å². The van der Waals surface area contributed by atoms with Gasteiger partial charge in [-0.15, -0.1) is 12.4 Å². The summed E-state index contributed by atoms with van der Waals surface area (Å²) in [7, 11) is 0. The molecule has 23 heavy (non-hydrogen) atoms. The highest BCUT2D eigenvalue weighted by Crippen LogP contribution is 2.37. The van der Waals surface area contributed by atoms with Gasteiger partial charge >= 0.3 is 6.18 Å². The van der Waals surface area contributed by atoms with Gasteiger partial charge < -0.3 is 10.6 Å². The van der Waals surface area contributed by atoms with Gasteiger partial charge in [-0.25, -0.2) is 0 Å². The standard InChI is InChI=1S/C16H21F3N2O.ClH/c1-11-10-20-8-7-14(11)21-15(22)9-13(16(17,18)19)12-5-3-2-4-6-12;/h2-6,11,13-14,20H,7-10H2,1H3,(H,21,22);1H. The second-order valence-corrected chi connectivity index (χ2v) is 5.85. The van der Waals surface area contributed by atoms with Crippen molar-refractivity contribution in [1.82, 2.24) is 10.6 Å². The quantitative estimate of drug-likeness (QED) is 0.875. The van der Waals surface area contributed by atoms with E-state index >= 15 is 0 Å². The lowest BCUT2D eigenvalue weighted by molar-refractivity contribution is -0.157. The molecule has 7 heteroatoms.